The lowest BCUT2D eigenvalue weighted by atomic mass is 10.0. The number of carboxylic acids is 1. The molecule has 1 amide bonds. The Morgan fingerprint density at radius 3 is 2.68 bits per heavy atom. The standard InChI is InChI=1S/C30H24N2O9/c33-23-11-18(40-15-27(34)32-22(30(36)37)9-17-13-31-21-4-2-1-3-19(17)21)12-26-28(23)29(35)20(14-41-26)16-5-6-24-25(10-16)39-8-7-38-24/h1-6,10-14,22,31,33H,7-9,15H2,(H,32,34)(H,36,37). The number of fused-ring (bicyclic) bond motifs is 3. The van der Waals surface area contributed by atoms with Gasteiger partial charge in [0.1, 0.15) is 48.0 Å². The number of aromatic nitrogens is 1. The van der Waals surface area contributed by atoms with E-state index in [1.807, 2.05) is 24.3 Å². The van der Waals surface area contributed by atoms with Gasteiger partial charge in [0, 0.05) is 35.7 Å². The molecule has 0 spiro atoms. The van der Waals surface area contributed by atoms with Crippen molar-refractivity contribution >= 4 is 33.7 Å². The van der Waals surface area contributed by atoms with Crippen LogP contribution in [0.1, 0.15) is 5.56 Å². The van der Waals surface area contributed by atoms with E-state index in [0.717, 1.165) is 16.5 Å². The lowest BCUT2D eigenvalue weighted by Gasteiger charge is -2.18. The topological polar surface area (TPSA) is 160 Å². The minimum atomic E-state index is -1.19. The number of aromatic hydroxyl groups is 1. The number of rotatable bonds is 8. The highest BCUT2D eigenvalue weighted by atomic mass is 16.6. The Labute approximate surface area is 231 Å². The largest absolute Gasteiger partial charge is 0.507 e. The van der Waals surface area contributed by atoms with Crippen LogP contribution in [-0.4, -0.2) is 52.9 Å². The zero-order valence-corrected chi connectivity index (χ0v) is 21.5. The molecule has 1 unspecified atom stereocenters. The van der Waals surface area contributed by atoms with Crippen LogP contribution in [0.15, 0.2) is 76.3 Å². The summed E-state index contributed by atoms with van der Waals surface area (Å²) in [6, 6.07) is 13.9. The number of nitrogens with one attached hydrogen (secondary N) is 2. The van der Waals surface area contributed by atoms with E-state index in [1.54, 1.807) is 24.4 Å². The van der Waals surface area contributed by atoms with Crippen molar-refractivity contribution in [1.29, 1.82) is 0 Å². The van der Waals surface area contributed by atoms with Crippen LogP contribution < -0.4 is 25.0 Å². The maximum absolute atomic E-state index is 13.2. The molecule has 1 atom stereocenters. The maximum Gasteiger partial charge on any atom is 0.326 e. The van der Waals surface area contributed by atoms with Gasteiger partial charge in [-0.3, -0.25) is 9.59 Å². The van der Waals surface area contributed by atoms with Crippen molar-refractivity contribution in [2.45, 2.75) is 12.5 Å². The van der Waals surface area contributed by atoms with E-state index in [9.17, 15) is 24.6 Å². The molecule has 5 aromatic rings. The van der Waals surface area contributed by atoms with Crippen LogP contribution in [0, 0.1) is 0 Å². The summed E-state index contributed by atoms with van der Waals surface area (Å²) >= 11 is 0. The molecule has 3 heterocycles. The minimum Gasteiger partial charge on any atom is -0.507 e. The summed E-state index contributed by atoms with van der Waals surface area (Å²) in [5, 5.41) is 23.6. The number of para-hydroxylation sites is 1. The molecule has 0 aliphatic carbocycles. The molecule has 4 N–H and O–H groups in total. The van der Waals surface area contributed by atoms with Crippen LogP contribution in [0.25, 0.3) is 33.0 Å². The average molecular weight is 557 g/mol. The molecule has 11 heteroatoms. The number of H-pyrrole nitrogens is 1. The molecular weight excluding hydrogens is 532 g/mol. The monoisotopic (exact) mass is 556 g/mol. The second-order valence-corrected chi connectivity index (χ2v) is 9.46. The third-order valence-electron chi connectivity index (χ3n) is 6.79. The van der Waals surface area contributed by atoms with E-state index in [4.69, 9.17) is 18.6 Å². The van der Waals surface area contributed by atoms with Crippen LogP contribution in [0.3, 0.4) is 0 Å². The predicted molar refractivity (Wildman–Crippen MR) is 148 cm³/mol. The van der Waals surface area contributed by atoms with Gasteiger partial charge in [0.2, 0.25) is 5.43 Å². The number of phenolic OH excluding ortho intramolecular Hbond substituents is 1. The van der Waals surface area contributed by atoms with Gasteiger partial charge in [0.25, 0.3) is 5.91 Å². The number of hydrogen-bond acceptors (Lipinski definition) is 8. The molecule has 3 aromatic carbocycles. The van der Waals surface area contributed by atoms with Gasteiger partial charge < -0.3 is 39.1 Å². The van der Waals surface area contributed by atoms with Gasteiger partial charge in [0.05, 0.1) is 5.56 Å². The number of benzene rings is 3. The Balaban J connectivity index is 1.16. The first kappa shape index (κ1) is 25.8. The van der Waals surface area contributed by atoms with Crippen molar-refractivity contribution in [2.24, 2.45) is 0 Å². The molecule has 41 heavy (non-hydrogen) atoms. The van der Waals surface area contributed by atoms with Crippen LogP contribution in [0.4, 0.5) is 0 Å². The molecule has 0 saturated carbocycles. The van der Waals surface area contributed by atoms with Crippen molar-refractivity contribution in [3.63, 3.8) is 0 Å². The van der Waals surface area contributed by atoms with Crippen molar-refractivity contribution in [1.82, 2.24) is 10.3 Å². The van der Waals surface area contributed by atoms with E-state index in [1.165, 1.54) is 18.4 Å². The average Bonchev–Trinajstić information content (AvgIpc) is 3.38. The smallest absolute Gasteiger partial charge is 0.326 e. The maximum atomic E-state index is 13.2. The first-order valence-electron chi connectivity index (χ1n) is 12.8. The Morgan fingerprint density at radius 2 is 1.85 bits per heavy atom. The fourth-order valence-electron chi connectivity index (χ4n) is 4.81. The second kappa shape index (κ2) is 10.6. The van der Waals surface area contributed by atoms with Crippen LogP contribution >= 0.6 is 0 Å². The Hall–Kier alpha value is -5.45. The Kier molecular flexibility index (Phi) is 6.68. The molecule has 0 radical (unpaired) electrons. The fourth-order valence-corrected chi connectivity index (χ4v) is 4.81. The fraction of sp³-hybridized carbons (Fsp3) is 0.167. The Bertz CT molecular complexity index is 1860. The van der Waals surface area contributed by atoms with Gasteiger partial charge in [-0.05, 0) is 29.3 Å². The zero-order chi connectivity index (χ0) is 28.5. The minimum absolute atomic E-state index is 0.0504. The number of carbonyl (C=O) groups excluding carboxylic acids is 1. The molecule has 0 saturated heterocycles. The lowest BCUT2D eigenvalue weighted by molar-refractivity contribution is -0.142. The number of ether oxygens (including phenoxy) is 3. The van der Waals surface area contributed by atoms with Crippen LogP contribution in [0.2, 0.25) is 0 Å². The SMILES string of the molecule is O=C(COc1cc(O)c2c(=O)c(-c3ccc4c(c3)OCCO4)coc2c1)NC(Cc1c[nH]c2ccccc12)C(=O)O. The molecule has 1 aliphatic rings. The highest BCUT2D eigenvalue weighted by Crippen LogP contribution is 2.35. The van der Waals surface area contributed by atoms with E-state index >= 15 is 0 Å². The van der Waals surface area contributed by atoms with Gasteiger partial charge in [-0.15, -0.1) is 0 Å². The number of carboxylic acid groups (broad SMARTS) is 1. The van der Waals surface area contributed by atoms with Crippen LogP contribution in [0.5, 0.6) is 23.0 Å². The summed E-state index contributed by atoms with van der Waals surface area (Å²) in [6.07, 6.45) is 3.06. The summed E-state index contributed by atoms with van der Waals surface area (Å²) in [7, 11) is 0. The number of aliphatic carboxylic acids is 1. The molecule has 2 aromatic heterocycles. The first-order valence-corrected chi connectivity index (χ1v) is 12.8. The van der Waals surface area contributed by atoms with Crippen molar-refractivity contribution in [3.05, 3.63) is 82.8 Å². The molecule has 0 bridgehead atoms. The second-order valence-electron chi connectivity index (χ2n) is 9.46. The first-order chi connectivity index (χ1) is 19.9. The summed E-state index contributed by atoms with van der Waals surface area (Å²) in [6.45, 7) is 0.309. The third-order valence-corrected chi connectivity index (χ3v) is 6.79. The molecular formula is C30H24N2O9. The van der Waals surface area contributed by atoms with Crippen LogP contribution in [-0.2, 0) is 16.0 Å². The predicted octanol–water partition coefficient (Wildman–Crippen LogP) is 3.61. The van der Waals surface area contributed by atoms with Gasteiger partial charge in [-0.25, -0.2) is 4.79 Å². The highest BCUT2D eigenvalue weighted by molar-refractivity contribution is 5.89. The lowest BCUT2D eigenvalue weighted by Crippen LogP contribution is -2.44. The number of carbonyl (C=O) groups is 2. The van der Waals surface area contributed by atoms with Gasteiger partial charge in [-0.2, -0.15) is 0 Å². The summed E-state index contributed by atoms with van der Waals surface area (Å²) in [4.78, 5) is 40.7. The van der Waals surface area contributed by atoms with Gasteiger partial charge >= 0.3 is 5.97 Å². The zero-order valence-electron chi connectivity index (χ0n) is 21.5. The molecule has 11 nitrogen and oxygen atoms in total. The van der Waals surface area contributed by atoms with E-state index < -0.39 is 35.7 Å². The summed E-state index contributed by atoms with van der Waals surface area (Å²) < 4.78 is 22.3. The Morgan fingerprint density at radius 1 is 1.05 bits per heavy atom. The molecule has 0 fully saturated rings. The number of hydrogen-bond donors (Lipinski definition) is 4. The quantitative estimate of drug-likeness (QED) is 0.224. The number of amides is 1. The third kappa shape index (κ3) is 5.12. The van der Waals surface area contributed by atoms with Gasteiger partial charge in [-0.1, -0.05) is 24.3 Å². The molecule has 208 valence electrons. The van der Waals surface area contributed by atoms with E-state index in [0.29, 0.717) is 30.3 Å². The van der Waals surface area contributed by atoms with Crippen molar-refractivity contribution in [3.8, 4) is 34.1 Å². The number of aromatic amines is 1. The van der Waals surface area contributed by atoms with E-state index in [-0.39, 0.29) is 28.7 Å². The summed E-state index contributed by atoms with van der Waals surface area (Å²) in [5.74, 6) is -1.12. The highest BCUT2D eigenvalue weighted by Gasteiger charge is 2.23. The van der Waals surface area contributed by atoms with Crippen molar-refractivity contribution < 1.29 is 38.4 Å². The van der Waals surface area contributed by atoms with E-state index in [2.05, 4.69) is 10.3 Å². The van der Waals surface area contributed by atoms with Gasteiger partial charge in [0.15, 0.2) is 18.1 Å². The van der Waals surface area contributed by atoms with Crippen molar-refractivity contribution in [2.75, 3.05) is 19.8 Å². The summed E-state index contributed by atoms with van der Waals surface area (Å²) in [5.41, 5.74) is 1.94. The normalized spacial score (nSPS) is 13.2. The molecule has 6 rings (SSSR count). The number of phenols is 1. The molecule has 1 aliphatic heterocycles.